The van der Waals surface area contributed by atoms with Gasteiger partial charge in [-0.05, 0) is 36.4 Å². The molecule has 0 amide bonds. The largest absolute Gasteiger partial charge is 0.508 e. The van der Waals surface area contributed by atoms with E-state index in [1.807, 2.05) is 0 Å². The topological polar surface area (TPSA) is 139 Å². The molecule has 5 rings (SSSR count). The molecule has 2 aliphatic rings. The number of phenolic OH excluding ortho intramolecular Hbond substituents is 5. The van der Waals surface area contributed by atoms with Crippen molar-refractivity contribution < 1.29 is 35.1 Å². The second kappa shape index (κ2) is 6.98. The van der Waals surface area contributed by atoms with Gasteiger partial charge in [0.1, 0.15) is 34.5 Å². The highest BCUT2D eigenvalue weighted by molar-refractivity contribution is 6.01. The van der Waals surface area contributed by atoms with Gasteiger partial charge in [-0.25, -0.2) is 0 Å². The van der Waals surface area contributed by atoms with Gasteiger partial charge in [0.2, 0.25) is 0 Å². The summed E-state index contributed by atoms with van der Waals surface area (Å²) in [5.41, 5.74) is 1.62. The smallest absolute Gasteiger partial charge is 0.169 e. The van der Waals surface area contributed by atoms with Crippen molar-refractivity contribution in [3.63, 3.8) is 0 Å². The van der Waals surface area contributed by atoms with Gasteiger partial charge in [0.15, 0.2) is 11.5 Å². The number of carbonyl (C=O) groups is 1. The normalized spacial score (nSPS) is 16.8. The number of allylic oxidation sites excluding steroid dienone is 2. The number of nitrogens with one attached hydrogen (secondary N) is 1. The number of carbonyl (C=O) groups excluding carboxylic acids is 1. The maximum atomic E-state index is 12.7. The maximum Gasteiger partial charge on any atom is 0.169 e. The Morgan fingerprint density at radius 3 is 2.25 bits per heavy atom. The quantitative estimate of drug-likeness (QED) is 0.337. The second-order valence-corrected chi connectivity index (χ2v) is 7.48. The minimum absolute atomic E-state index is 0.128. The predicted octanol–water partition coefficient (Wildman–Crippen LogP) is 3.82. The number of anilines is 1. The summed E-state index contributed by atoms with van der Waals surface area (Å²) in [5, 5.41) is 53.3. The van der Waals surface area contributed by atoms with Crippen LogP contribution in [0.5, 0.6) is 34.5 Å². The lowest BCUT2D eigenvalue weighted by atomic mass is 9.88. The van der Waals surface area contributed by atoms with Crippen LogP contribution >= 0.6 is 0 Å². The van der Waals surface area contributed by atoms with Gasteiger partial charge in [0, 0.05) is 29.3 Å². The Labute approximate surface area is 181 Å². The van der Waals surface area contributed by atoms with Crippen molar-refractivity contribution in [2.75, 3.05) is 5.32 Å². The van der Waals surface area contributed by atoms with Crippen LogP contribution in [0.1, 0.15) is 11.5 Å². The Balaban J connectivity index is 1.62. The minimum atomic E-state index is -0.847. The van der Waals surface area contributed by atoms with E-state index in [-0.39, 0.29) is 51.4 Å². The Bertz CT molecular complexity index is 1360. The molecule has 1 heterocycles. The molecule has 1 aliphatic carbocycles. The molecule has 0 saturated carbocycles. The summed E-state index contributed by atoms with van der Waals surface area (Å²) >= 11 is 0. The lowest BCUT2D eigenvalue weighted by molar-refractivity contribution is -0.115. The predicted molar refractivity (Wildman–Crippen MR) is 115 cm³/mol. The van der Waals surface area contributed by atoms with Crippen LogP contribution in [0.25, 0.3) is 11.1 Å². The van der Waals surface area contributed by atoms with Crippen LogP contribution in [0.15, 0.2) is 72.1 Å². The molecule has 0 spiro atoms. The minimum Gasteiger partial charge on any atom is -0.508 e. The molecule has 0 saturated heterocycles. The fourth-order valence-electron chi connectivity index (χ4n) is 3.87. The van der Waals surface area contributed by atoms with Crippen LogP contribution in [0, 0.1) is 0 Å². The van der Waals surface area contributed by atoms with Crippen molar-refractivity contribution in [3.05, 3.63) is 77.7 Å². The fourth-order valence-corrected chi connectivity index (χ4v) is 3.87. The summed E-state index contributed by atoms with van der Waals surface area (Å²) in [5.74, 6) is -1.52. The number of aromatic hydroxyl groups is 5. The highest BCUT2D eigenvalue weighted by atomic mass is 16.5. The first kappa shape index (κ1) is 19.4. The van der Waals surface area contributed by atoms with E-state index in [0.717, 1.165) is 12.1 Å². The average molecular weight is 431 g/mol. The fraction of sp³-hybridized carbons (Fsp3) is 0.0417. The van der Waals surface area contributed by atoms with Crippen molar-refractivity contribution in [2.24, 2.45) is 0 Å². The second-order valence-electron chi connectivity index (χ2n) is 7.48. The number of hydrogen-bond acceptors (Lipinski definition) is 8. The summed E-state index contributed by atoms with van der Waals surface area (Å²) in [6.07, 6.45) is 2.89. The van der Waals surface area contributed by atoms with Crippen molar-refractivity contribution in [2.45, 2.75) is 5.92 Å². The van der Waals surface area contributed by atoms with Crippen LogP contribution in [-0.4, -0.2) is 31.3 Å². The third kappa shape index (κ3) is 3.05. The molecule has 0 aromatic heterocycles. The van der Waals surface area contributed by atoms with Crippen LogP contribution in [0.2, 0.25) is 0 Å². The number of phenols is 5. The Morgan fingerprint density at radius 1 is 0.812 bits per heavy atom. The van der Waals surface area contributed by atoms with Gasteiger partial charge in [-0.1, -0.05) is 6.07 Å². The molecule has 1 unspecified atom stereocenters. The number of hydrogen-bond donors (Lipinski definition) is 6. The first-order valence-corrected chi connectivity index (χ1v) is 9.64. The molecule has 160 valence electrons. The van der Waals surface area contributed by atoms with Gasteiger partial charge < -0.3 is 35.6 Å². The molecule has 8 heteroatoms. The first-order chi connectivity index (χ1) is 15.3. The first-order valence-electron chi connectivity index (χ1n) is 9.64. The third-order valence-corrected chi connectivity index (χ3v) is 5.39. The number of fused-ring (bicyclic) bond motifs is 2. The summed E-state index contributed by atoms with van der Waals surface area (Å²) in [7, 11) is 0. The van der Waals surface area contributed by atoms with Crippen molar-refractivity contribution in [3.8, 4) is 45.6 Å². The molecule has 0 radical (unpaired) electrons. The summed E-state index contributed by atoms with van der Waals surface area (Å²) in [4.78, 5) is 12.7. The molecule has 3 aromatic rings. The van der Waals surface area contributed by atoms with Crippen molar-refractivity contribution >= 4 is 11.5 Å². The van der Waals surface area contributed by atoms with Crippen LogP contribution in [0.3, 0.4) is 0 Å². The van der Waals surface area contributed by atoms with Gasteiger partial charge in [-0.2, -0.15) is 0 Å². The van der Waals surface area contributed by atoms with Gasteiger partial charge >= 0.3 is 0 Å². The van der Waals surface area contributed by atoms with Gasteiger partial charge in [-0.15, -0.1) is 0 Å². The average Bonchev–Trinajstić information content (AvgIpc) is 2.73. The Morgan fingerprint density at radius 2 is 1.53 bits per heavy atom. The molecule has 1 atom stereocenters. The van der Waals surface area contributed by atoms with E-state index in [0.29, 0.717) is 22.7 Å². The maximum absolute atomic E-state index is 12.7. The zero-order chi connectivity index (χ0) is 22.6. The third-order valence-electron chi connectivity index (χ3n) is 5.39. The van der Waals surface area contributed by atoms with E-state index in [2.05, 4.69) is 5.32 Å². The molecule has 6 N–H and O–H groups in total. The van der Waals surface area contributed by atoms with E-state index in [1.54, 1.807) is 6.07 Å². The van der Waals surface area contributed by atoms with Crippen LogP contribution in [0.4, 0.5) is 5.69 Å². The summed E-state index contributed by atoms with van der Waals surface area (Å²) < 4.78 is 6.06. The van der Waals surface area contributed by atoms with E-state index >= 15 is 0 Å². The van der Waals surface area contributed by atoms with Crippen LogP contribution in [-0.2, 0) is 4.79 Å². The molecular formula is C24H17NO7. The summed E-state index contributed by atoms with van der Waals surface area (Å²) in [6, 6.07) is 11.0. The highest BCUT2D eigenvalue weighted by Gasteiger charge is 2.32. The van der Waals surface area contributed by atoms with E-state index < -0.39 is 5.92 Å². The van der Waals surface area contributed by atoms with E-state index in [4.69, 9.17) is 4.74 Å². The zero-order valence-corrected chi connectivity index (χ0v) is 16.4. The van der Waals surface area contributed by atoms with Crippen LogP contribution < -0.4 is 10.1 Å². The summed E-state index contributed by atoms with van der Waals surface area (Å²) in [6.45, 7) is 0. The molecule has 1 aliphatic heterocycles. The molecule has 0 fully saturated rings. The lowest BCUT2D eigenvalue weighted by Gasteiger charge is -2.30. The number of benzene rings is 3. The molecular weight excluding hydrogens is 414 g/mol. The van der Waals surface area contributed by atoms with Gasteiger partial charge in [0.05, 0.1) is 22.9 Å². The van der Waals surface area contributed by atoms with E-state index in [1.165, 1.54) is 42.5 Å². The number of ether oxygens (including phenoxy) is 1. The number of rotatable bonds is 2. The Hall–Kier alpha value is -4.59. The molecule has 0 bridgehead atoms. The molecule has 32 heavy (non-hydrogen) atoms. The monoisotopic (exact) mass is 431 g/mol. The molecule has 3 aromatic carbocycles. The highest BCUT2D eigenvalue weighted by Crippen LogP contribution is 2.50. The zero-order valence-electron chi connectivity index (χ0n) is 16.4. The van der Waals surface area contributed by atoms with Gasteiger partial charge in [-0.3, -0.25) is 4.79 Å². The van der Waals surface area contributed by atoms with Crippen molar-refractivity contribution in [1.82, 2.24) is 0 Å². The lowest BCUT2D eigenvalue weighted by Crippen LogP contribution is -2.23. The van der Waals surface area contributed by atoms with E-state index in [9.17, 15) is 30.3 Å². The van der Waals surface area contributed by atoms with Gasteiger partial charge in [0.25, 0.3) is 0 Å². The standard InChI is InChI=1S/C24H17NO7/c26-11-1-3-13(19(29)7-11)15-9-22-17(10-21(15)31)25-16-5-6-18(28)23(24(16)32-22)14-4-2-12(27)8-20(14)30/h1-10,15,25-30H. The number of ketones is 1. The SMILES string of the molecule is O=C1C=C2Nc3ccc(O)c(-c4ccc(O)cc4O)c3OC2=CC1c1ccc(O)cc1O. The Kier molecular flexibility index (Phi) is 4.23. The molecule has 8 nitrogen and oxygen atoms in total. The van der Waals surface area contributed by atoms with Crippen molar-refractivity contribution in [1.29, 1.82) is 0 Å².